The predicted molar refractivity (Wildman–Crippen MR) is 48.5 cm³/mol. The van der Waals surface area contributed by atoms with Crippen molar-refractivity contribution >= 4 is 0 Å². The summed E-state index contributed by atoms with van der Waals surface area (Å²) >= 11 is 0. The van der Waals surface area contributed by atoms with Gasteiger partial charge in [-0.25, -0.2) is 0 Å². The average molecular weight is 156 g/mol. The number of nitrogens with two attached hydrogens (primary N) is 1. The van der Waals surface area contributed by atoms with Gasteiger partial charge in [-0.1, -0.05) is 26.7 Å². The molecule has 1 fully saturated rings. The highest BCUT2D eigenvalue weighted by Crippen LogP contribution is 2.16. The molecule has 0 amide bonds. The Hall–Kier alpha value is -0.0800. The number of hydrogen-bond donors (Lipinski definition) is 2. The molecule has 0 radical (unpaired) electrons. The van der Waals surface area contributed by atoms with Gasteiger partial charge in [-0.15, -0.1) is 0 Å². The Morgan fingerprint density at radius 3 is 2.45 bits per heavy atom. The zero-order valence-electron chi connectivity index (χ0n) is 7.64. The first-order valence-electron chi connectivity index (χ1n) is 4.72. The van der Waals surface area contributed by atoms with Crippen LogP contribution in [0.2, 0.25) is 0 Å². The molecule has 0 aromatic rings. The van der Waals surface area contributed by atoms with Gasteiger partial charge in [-0.3, -0.25) is 0 Å². The molecule has 1 rings (SSSR count). The van der Waals surface area contributed by atoms with Crippen LogP contribution in [0.4, 0.5) is 0 Å². The molecule has 0 saturated heterocycles. The molecule has 0 aliphatic heterocycles. The lowest BCUT2D eigenvalue weighted by Gasteiger charge is -2.30. The van der Waals surface area contributed by atoms with Crippen LogP contribution in [-0.2, 0) is 0 Å². The predicted octanol–water partition coefficient (Wildman–Crippen LogP) is 1.25. The van der Waals surface area contributed by atoms with Gasteiger partial charge in [0.2, 0.25) is 0 Å². The number of rotatable bonds is 2. The van der Waals surface area contributed by atoms with E-state index < -0.39 is 0 Å². The van der Waals surface area contributed by atoms with E-state index >= 15 is 0 Å². The monoisotopic (exact) mass is 156 g/mol. The summed E-state index contributed by atoms with van der Waals surface area (Å²) in [5, 5.41) is 3.51. The van der Waals surface area contributed by atoms with E-state index in [9.17, 15) is 0 Å². The zero-order valence-corrected chi connectivity index (χ0v) is 7.64. The van der Waals surface area contributed by atoms with E-state index in [2.05, 4.69) is 19.2 Å². The van der Waals surface area contributed by atoms with E-state index in [1.165, 1.54) is 25.7 Å². The van der Waals surface area contributed by atoms with Crippen LogP contribution in [-0.4, -0.2) is 18.1 Å². The molecule has 2 atom stereocenters. The molecule has 2 nitrogen and oxygen atoms in total. The molecule has 0 spiro atoms. The molecule has 1 saturated carbocycles. The van der Waals surface area contributed by atoms with Crippen molar-refractivity contribution in [2.24, 2.45) is 5.73 Å². The summed E-state index contributed by atoms with van der Waals surface area (Å²) in [5.74, 6) is 0. The maximum Gasteiger partial charge on any atom is 0.0221 e. The minimum Gasteiger partial charge on any atom is -0.326 e. The molecule has 2 heteroatoms. The third-order valence-electron chi connectivity index (χ3n) is 2.37. The largest absolute Gasteiger partial charge is 0.326 e. The van der Waals surface area contributed by atoms with E-state index in [0.29, 0.717) is 18.1 Å². The summed E-state index contributed by atoms with van der Waals surface area (Å²) in [6.07, 6.45) is 5.12. The molecule has 0 unspecified atom stereocenters. The summed E-state index contributed by atoms with van der Waals surface area (Å²) in [6, 6.07) is 1.54. The average Bonchev–Trinajstić information content (AvgIpc) is 1.93. The van der Waals surface area contributed by atoms with Gasteiger partial charge in [0.15, 0.2) is 0 Å². The van der Waals surface area contributed by atoms with E-state index in [4.69, 9.17) is 5.73 Å². The lowest BCUT2D eigenvalue weighted by Crippen LogP contribution is -2.49. The van der Waals surface area contributed by atoms with Crippen molar-refractivity contribution in [3.63, 3.8) is 0 Å². The van der Waals surface area contributed by atoms with E-state index in [1.54, 1.807) is 0 Å². The Labute approximate surface area is 69.5 Å². The maximum atomic E-state index is 5.96. The Kier molecular flexibility index (Phi) is 3.34. The highest BCUT2D eigenvalue weighted by molar-refractivity contribution is 4.84. The second kappa shape index (κ2) is 4.07. The molecule has 3 N–H and O–H groups in total. The lowest BCUT2D eigenvalue weighted by atomic mass is 9.90. The molecule has 1 aliphatic carbocycles. The van der Waals surface area contributed by atoms with Crippen molar-refractivity contribution in [2.75, 3.05) is 0 Å². The Balaban J connectivity index is 2.29. The summed E-state index contributed by atoms with van der Waals surface area (Å²) in [6.45, 7) is 4.36. The van der Waals surface area contributed by atoms with Gasteiger partial charge in [0.25, 0.3) is 0 Å². The SMILES string of the molecule is CC(C)N[C@H]1CCCC[C@H]1N. The van der Waals surface area contributed by atoms with Gasteiger partial charge < -0.3 is 11.1 Å². The molecule has 0 bridgehead atoms. The first kappa shape index (κ1) is 9.01. The van der Waals surface area contributed by atoms with Crippen molar-refractivity contribution in [1.82, 2.24) is 5.32 Å². The second-order valence-corrected chi connectivity index (χ2v) is 3.88. The van der Waals surface area contributed by atoms with Crippen molar-refractivity contribution in [3.05, 3.63) is 0 Å². The molecular formula is C9H20N2. The fourth-order valence-corrected chi connectivity index (χ4v) is 1.79. The van der Waals surface area contributed by atoms with Crippen LogP contribution < -0.4 is 11.1 Å². The second-order valence-electron chi connectivity index (χ2n) is 3.88. The van der Waals surface area contributed by atoms with Crippen LogP contribution >= 0.6 is 0 Å². The molecule has 1 aliphatic rings. The van der Waals surface area contributed by atoms with Crippen LogP contribution in [0.15, 0.2) is 0 Å². The van der Waals surface area contributed by atoms with E-state index in [0.717, 1.165) is 0 Å². The number of hydrogen-bond acceptors (Lipinski definition) is 2. The first-order valence-corrected chi connectivity index (χ1v) is 4.72. The Bertz CT molecular complexity index is 112. The van der Waals surface area contributed by atoms with E-state index in [-0.39, 0.29) is 0 Å². The minimum absolute atomic E-state index is 0.395. The standard InChI is InChI=1S/C9H20N2/c1-7(2)11-9-6-4-3-5-8(9)10/h7-9,11H,3-6,10H2,1-2H3/t8-,9+/m1/s1. The topological polar surface area (TPSA) is 38.0 Å². The lowest BCUT2D eigenvalue weighted by molar-refractivity contribution is 0.311. The zero-order chi connectivity index (χ0) is 8.27. The van der Waals surface area contributed by atoms with Gasteiger partial charge in [0, 0.05) is 18.1 Å². The molecular weight excluding hydrogens is 136 g/mol. The third kappa shape index (κ3) is 2.80. The van der Waals surface area contributed by atoms with Crippen LogP contribution in [0, 0.1) is 0 Å². The van der Waals surface area contributed by atoms with Crippen molar-refractivity contribution in [2.45, 2.75) is 57.7 Å². The minimum atomic E-state index is 0.395. The molecule has 11 heavy (non-hydrogen) atoms. The number of nitrogens with one attached hydrogen (secondary N) is 1. The van der Waals surface area contributed by atoms with Crippen molar-refractivity contribution < 1.29 is 0 Å². The quantitative estimate of drug-likeness (QED) is 0.631. The normalized spacial score (nSPS) is 32.7. The highest BCUT2D eigenvalue weighted by Gasteiger charge is 2.21. The van der Waals surface area contributed by atoms with Gasteiger partial charge in [0.1, 0.15) is 0 Å². The van der Waals surface area contributed by atoms with Crippen molar-refractivity contribution in [1.29, 1.82) is 0 Å². The van der Waals surface area contributed by atoms with Crippen LogP contribution in [0.3, 0.4) is 0 Å². The summed E-state index contributed by atoms with van der Waals surface area (Å²) in [5.41, 5.74) is 5.96. The fourth-order valence-electron chi connectivity index (χ4n) is 1.79. The van der Waals surface area contributed by atoms with Gasteiger partial charge in [-0.05, 0) is 12.8 Å². The van der Waals surface area contributed by atoms with Gasteiger partial charge in [0.05, 0.1) is 0 Å². The van der Waals surface area contributed by atoms with Gasteiger partial charge in [-0.2, -0.15) is 0 Å². The van der Waals surface area contributed by atoms with Crippen LogP contribution in [0.5, 0.6) is 0 Å². The molecule has 0 aromatic carbocycles. The molecule has 0 heterocycles. The summed E-state index contributed by atoms with van der Waals surface area (Å²) in [7, 11) is 0. The third-order valence-corrected chi connectivity index (χ3v) is 2.37. The highest BCUT2D eigenvalue weighted by atomic mass is 15.0. The summed E-state index contributed by atoms with van der Waals surface area (Å²) in [4.78, 5) is 0. The maximum absolute atomic E-state index is 5.96. The smallest absolute Gasteiger partial charge is 0.0221 e. The summed E-state index contributed by atoms with van der Waals surface area (Å²) < 4.78 is 0. The van der Waals surface area contributed by atoms with Crippen molar-refractivity contribution in [3.8, 4) is 0 Å². The first-order chi connectivity index (χ1) is 5.20. The van der Waals surface area contributed by atoms with Crippen LogP contribution in [0.25, 0.3) is 0 Å². The van der Waals surface area contributed by atoms with Gasteiger partial charge >= 0.3 is 0 Å². The Morgan fingerprint density at radius 2 is 1.91 bits per heavy atom. The van der Waals surface area contributed by atoms with Crippen LogP contribution in [0.1, 0.15) is 39.5 Å². The molecule has 0 aromatic heterocycles. The Morgan fingerprint density at radius 1 is 1.27 bits per heavy atom. The molecule has 66 valence electrons. The van der Waals surface area contributed by atoms with E-state index in [1.807, 2.05) is 0 Å². The fraction of sp³-hybridized carbons (Fsp3) is 1.00.